The Balaban J connectivity index is 1.81. The van der Waals surface area contributed by atoms with E-state index in [0.29, 0.717) is 0 Å². The quantitative estimate of drug-likeness (QED) is 0.804. The molecule has 0 aromatic carbocycles. The van der Waals surface area contributed by atoms with E-state index < -0.39 is 0 Å². The maximum Gasteiger partial charge on any atom is 0.115 e. The average molecular weight is 200 g/mol. The van der Waals surface area contributed by atoms with Crippen LogP contribution in [0.5, 0.6) is 0 Å². The number of nitrogens with zero attached hydrogens (tertiary/aromatic N) is 3. The fourth-order valence-electron chi connectivity index (χ4n) is 1.27. The van der Waals surface area contributed by atoms with Gasteiger partial charge in [0.15, 0.2) is 0 Å². The maximum atomic E-state index is 3.96. The highest BCUT2D eigenvalue weighted by Gasteiger charge is 1.93. The fourth-order valence-corrected chi connectivity index (χ4v) is 1.27. The minimum atomic E-state index is 0.781. The molecular weight excluding hydrogens is 188 g/mol. The molecule has 0 amide bonds. The SMILES string of the molecule is c1cc(CNCc2cncnc2)ccn1. The summed E-state index contributed by atoms with van der Waals surface area (Å²) in [6.45, 7) is 1.61. The zero-order chi connectivity index (χ0) is 10.3. The Morgan fingerprint density at radius 2 is 1.53 bits per heavy atom. The Labute approximate surface area is 88.4 Å². The van der Waals surface area contributed by atoms with E-state index in [1.807, 2.05) is 24.5 Å². The minimum Gasteiger partial charge on any atom is -0.309 e. The van der Waals surface area contributed by atoms with Crippen molar-refractivity contribution in [1.82, 2.24) is 20.3 Å². The van der Waals surface area contributed by atoms with Crippen LogP contribution in [-0.2, 0) is 13.1 Å². The molecule has 0 saturated heterocycles. The highest BCUT2D eigenvalue weighted by atomic mass is 14.9. The van der Waals surface area contributed by atoms with Crippen LogP contribution in [0.15, 0.2) is 43.2 Å². The van der Waals surface area contributed by atoms with Gasteiger partial charge in [-0.1, -0.05) is 0 Å². The molecule has 1 N–H and O–H groups in total. The molecule has 4 heteroatoms. The van der Waals surface area contributed by atoms with Crippen molar-refractivity contribution >= 4 is 0 Å². The molecule has 76 valence electrons. The van der Waals surface area contributed by atoms with Crippen LogP contribution in [-0.4, -0.2) is 15.0 Å². The van der Waals surface area contributed by atoms with E-state index in [9.17, 15) is 0 Å². The molecule has 2 aromatic heterocycles. The summed E-state index contributed by atoms with van der Waals surface area (Å²) in [4.78, 5) is 11.9. The highest BCUT2D eigenvalue weighted by Crippen LogP contribution is 1.97. The topological polar surface area (TPSA) is 50.7 Å². The summed E-state index contributed by atoms with van der Waals surface area (Å²) in [5.74, 6) is 0. The van der Waals surface area contributed by atoms with Gasteiger partial charge >= 0.3 is 0 Å². The van der Waals surface area contributed by atoms with Crippen molar-refractivity contribution in [3.8, 4) is 0 Å². The van der Waals surface area contributed by atoms with Crippen LogP contribution in [0.25, 0.3) is 0 Å². The van der Waals surface area contributed by atoms with Crippen molar-refractivity contribution < 1.29 is 0 Å². The van der Waals surface area contributed by atoms with Gasteiger partial charge in [0.1, 0.15) is 6.33 Å². The summed E-state index contributed by atoms with van der Waals surface area (Å²) in [6, 6.07) is 3.99. The molecule has 0 saturated carbocycles. The Hall–Kier alpha value is -1.81. The second kappa shape index (κ2) is 5.17. The van der Waals surface area contributed by atoms with Crippen LogP contribution < -0.4 is 5.32 Å². The van der Waals surface area contributed by atoms with Gasteiger partial charge < -0.3 is 5.32 Å². The first kappa shape index (κ1) is 9.73. The van der Waals surface area contributed by atoms with Crippen LogP contribution in [0.4, 0.5) is 0 Å². The molecule has 2 aromatic rings. The predicted octanol–water partition coefficient (Wildman–Crippen LogP) is 1.16. The Morgan fingerprint density at radius 1 is 0.867 bits per heavy atom. The maximum absolute atomic E-state index is 3.96. The highest BCUT2D eigenvalue weighted by molar-refractivity contribution is 5.09. The fraction of sp³-hybridized carbons (Fsp3) is 0.182. The zero-order valence-electron chi connectivity index (χ0n) is 8.30. The Bertz CT molecular complexity index is 348. The molecule has 0 radical (unpaired) electrons. The number of hydrogen-bond donors (Lipinski definition) is 1. The minimum absolute atomic E-state index is 0.781. The summed E-state index contributed by atoms with van der Waals surface area (Å²) in [5.41, 5.74) is 2.31. The molecule has 0 fully saturated rings. The van der Waals surface area contributed by atoms with E-state index >= 15 is 0 Å². The summed E-state index contributed by atoms with van der Waals surface area (Å²) in [5, 5.41) is 3.31. The molecule has 0 atom stereocenters. The van der Waals surface area contributed by atoms with Gasteiger partial charge in [-0.25, -0.2) is 9.97 Å². The third-order valence-electron chi connectivity index (χ3n) is 2.02. The van der Waals surface area contributed by atoms with Crippen LogP contribution in [0.2, 0.25) is 0 Å². The molecule has 15 heavy (non-hydrogen) atoms. The van der Waals surface area contributed by atoms with E-state index in [1.54, 1.807) is 12.4 Å². The number of pyridine rings is 1. The first-order chi connectivity index (χ1) is 7.45. The average Bonchev–Trinajstić information content (AvgIpc) is 2.32. The van der Waals surface area contributed by atoms with Crippen LogP contribution >= 0.6 is 0 Å². The molecule has 2 heterocycles. The molecule has 4 nitrogen and oxygen atoms in total. The van der Waals surface area contributed by atoms with Gasteiger partial charge in [0.2, 0.25) is 0 Å². The van der Waals surface area contributed by atoms with Gasteiger partial charge in [-0.05, 0) is 17.7 Å². The first-order valence-electron chi connectivity index (χ1n) is 4.78. The van der Waals surface area contributed by atoms with Gasteiger partial charge in [-0.3, -0.25) is 4.98 Å². The molecular formula is C11H12N4. The van der Waals surface area contributed by atoms with Gasteiger partial charge in [0, 0.05) is 43.4 Å². The van der Waals surface area contributed by atoms with E-state index in [-0.39, 0.29) is 0 Å². The largest absolute Gasteiger partial charge is 0.309 e. The predicted molar refractivity (Wildman–Crippen MR) is 56.8 cm³/mol. The summed E-state index contributed by atoms with van der Waals surface area (Å²) in [6.07, 6.45) is 8.75. The molecule has 2 rings (SSSR count). The van der Waals surface area contributed by atoms with Gasteiger partial charge in [0.05, 0.1) is 0 Å². The van der Waals surface area contributed by atoms with Crippen molar-refractivity contribution in [2.45, 2.75) is 13.1 Å². The molecule has 0 bridgehead atoms. The van der Waals surface area contributed by atoms with Crippen molar-refractivity contribution in [2.24, 2.45) is 0 Å². The second-order valence-corrected chi connectivity index (χ2v) is 3.21. The number of rotatable bonds is 4. The molecule has 0 aliphatic rings. The molecule has 0 aliphatic carbocycles. The summed E-state index contributed by atoms with van der Waals surface area (Å²) >= 11 is 0. The number of nitrogens with one attached hydrogen (secondary N) is 1. The monoisotopic (exact) mass is 200 g/mol. The van der Waals surface area contributed by atoms with Crippen molar-refractivity contribution in [2.75, 3.05) is 0 Å². The summed E-state index contributed by atoms with van der Waals surface area (Å²) < 4.78 is 0. The van der Waals surface area contributed by atoms with Crippen LogP contribution in [0, 0.1) is 0 Å². The van der Waals surface area contributed by atoms with E-state index in [1.165, 1.54) is 11.9 Å². The second-order valence-electron chi connectivity index (χ2n) is 3.21. The summed E-state index contributed by atoms with van der Waals surface area (Å²) in [7, 11) is 0. The third-order valence-corrected chi connectivity index (χ3v) is 2.02. The molecule has 0 spiro atoms. The van der Waals surface area contributed by atoms with Crippen molar-refractivity contribution in [3.63, 3.8) is 0 Å². The van der Waals surface area contributed by atoms with Crippen molar-refractivity contribution in [3.05, 3.63) is 54.4 Å². The van der Waals surface area contributed by atoms with Gasteiger partial charge in [0.25, 0.3) is 0 Å². The van der Waals surface area contributed by atoms with Crippen molar-refractivity contribution in [1.29, 1.82) is 0 Å². The smallest absolute Gasteiger partial charge is 0.115 e. The normalized spacial score (nSPS) is 10.1. The lowest BCUT2D eigenvalue weighted by molar-refractivity contribution is 0.688. The van der Waals surface area contributed by atoms with Gasteiger partial charge in [-0.2, -0.15) is 0 Å². The van der Waals surface area contributed by atoms with E-state index in [2.05, 4.69) is 20.3 Å². The Morgan fingerprint density at radius 3 is 2.27 bits per heavy atom. The third kappa shape index (κ3) is 3.11. The standard InChI is InChI=1S/C11H12N4/c1-3-12-4-2-10(1)5-13-6-11-7-14-9-15-8-11/h1-4,7-9,13H,5-6H2. The van der Waals surface area contributed by atoms with Crippen LogP contribution in [0.3, 0.4) is 0 Å². The Kier molecular flexibility index (Phi) is 3.35. The van der Waals surface area contributed by atoms with E-state index in [0.717, 1.165) is 18.7 Å². The number of aromatic nitrogens is 3. The first-order valence-corrected chi connectivity index (χ1v) is 4.78. The lowest BCUT2D eigenvalue weighted by Gasteiger charge is -2.03. The van der Waals surface area contributed by atoms with Gasteiger partial charge in [-0.15, -0.1) is 0 Å². The van der Waals surface area contributed by atoms with Crippen LogP contribution in [0.1, 0.15) is 11.1 Å². The number of hydrogen-bond acceptors (Lipinski definition) is 4. The molecule has 0 unspecified atom stereocenters. The van der Waals surface area contributed by atoms with E-state index in [4.69, 9.17) is 0 Å². The molecule has 0 aliphatic heterocycles. The lowest BCUT2D eigenvalue weighted by Crippen LogP contribution is -2.12. The zero-order valence-corrected chi connectivity index (χ0v) is 8.30. The lowest BCUT2D eigenvalue weighted by atomic mass is 10.2.